The average Bonchev–Trinajstić information content (AvgIpc) is 2.83. The molecule has 23 heavy (non-hydrogen) atoms. The van der Waals surface area contributed by atoms with Crippen LogP contribution in [0.2, 0.25) is 10.0 Å². The second-order valence-corrected chi connectivity index (χ2v) is 5.93. The summed E-state index contributed by atoms with van der Waals surface area (Å²) in [5, 5.41) is 10.7. The number of hydrogen-bond acceptors (Lipinski definition) is 3. The van der Waals surface area contributed by atoms with Crippen LogP contribution in [0.3, 0.4) is 0 Å². The van der Waals surface area contributed by atoms with Crippen LogP contribution in [0.25, 0.3) is 33.1 Å². The van der Waals surface area contributed by atoms with Crippen molar-refractivity contribution >= 4 is 62.3 Å². The molecule has 0 unspecified atom stereocenters. The highest BCUT2D eigenvalue weighted by Crippen LogP contribution is 2.37. The van der Waals surface area contributed by atoms with Crippen LogP contribution in [-0.4, -0.2) is 25.6 Å². The molecule has 0 atom stereocenters. The van der Waals surface area contributed by atoms with Gasteiger partial charge in [0.05, 0.1) is 26.6 Å². The first-order valence-electron chi connectivity index (χ1n) is 6.81. The number of carbonyl (C=O) groups is 1. The highest BCUT2D eigenvalue weighted by atomic mass is 35.5. The SMILES string of the molecule is O=C(O)Cn1c2nc3ccccc3nc2c2c(Cl)ccc(Cl)c21. The first-order chi connectivity index (χ1) is 11.1. The Balaban J connectivity index is 2.27. The first-order valence-corrected chi connectivity index (χ1v) is 7.56. The normalized spacial score (nSPS) is 11.6. The van der Waals surface area contributed by atoms with Crippen LogP contribution >= 0.6 is 23.2 Å². The van der Waals surface area contributed by atoms with Gasteiger partial charge in [0, 0.05) is 5.39 Å². The summed E-state index contributed by atoms with van der Waals surface area (Å²) in [6.07, 6.45) is 0. The summed E-state index contributed by atoms with van der Waals surface area (Å²) in [6, 6.07) is 10.7. The van der Waals surface area contributed by atoms with Crippen molar-refractivity contribution in [2.24, 2.45) is 0 Å². The number of aromatic nitrogens is 3. The van der Waals surface area contributed by atoms with E-state index >= 15 is 0 Å². The van der Waals surface area contributed by atoms with E-state index in [0.717, 1.165) is 0 Å². The molecule has 7 heteroatoms. The van der Waals surface area contributed by atoms with E-state index in [0.29, 0.717) is 43.1 Å². The van der Waals surface area contributed by atoms with Crippen molar-refractivity contribution in [1.29, 1.82) is 0 Å². The molecule has 5 nitrogen and oxygen atoms in total. The number of nitrogens with zero attached hydrogens (tertiary/aromatic N) is 3. The summed E-state index contributed by atoms with van der Waals surface area (Å²) in [7, 11) is 0. The van der Waals surface area contributed by atoms with E-state index < -0.39 is 5.97 Å². The minimum atomic E-state index is -0.991. The third-order valence-electron chi connectivity index (χ3n) is 3.69. The third-order valence-corrected chi connectivity index (χ3v) is 4.31. The van der Waals surface area contributed by atoms with Crippen LogP contribution in [0.15, 0.2) is 36.4 Å². The van der Waals surface area contributed by atoms with Crippen molar-refractivity contribution in [2.75, 3.05) is 0 Å². The molecule has 0 radical (unpaired) electrons. The van der Waals surface area contributed by atoms with Crippen molar-refractivity contribution < 1.29 is 9.90 Å². The molecule has 0 saturated heterocycles. The standard InChI is InChI=1S/C16H9Cl2N3O2/c17-8-5-6-9(18)15-13(8)14-16(21(15)7-12(22)23)20-11-4-2-1-3-10(11)19-14/h1-6H,7H2,(H,22,23). The van der Waals surface area contributed by atoms with Crippen LogP contribution in [0.1, 0.15) is 0 Å². The number of fused-ring (bicyclic) bond motifs is 4. The van der Waals surface area contributed by atoms with Crippen LogP contribution in [-0.2, 0) is 11.3 Å². The minimum Gasteiger partial charge on any atom is -0.480 e. The summed E-state index contributed by atoms with van der Waals surface area (Å²) >= 11 is 12.6. The fourth-order valence-electron chi connectivity index (χ4n) is 2.77. The number of benzene rings is 2. The van der Waals surface area contributed by atoms with Gasteiger partial charge in [-0.25, -0.2) is 9.97 Å². The van der Waals surface area contributed by atoms with Gasteiger partial charge in [-0.15, -0.1) is 0 Å². The summed E-state index contributed by atoms with van der Waals surface area (Å²) < 4.78 is 1.54. The molecule has 0 aliphatic heterocycles. The second kappa shape index (κ2) is 5.08. The monoisotopic (exact) mass is 345 g/mol. The maximum absolute atomic E-state index is 11.3. The molecule has 4 aromatic rings. The Morgan fingerprint density at radius 2 is 1.70 bits per heavy atom. The van der Waals surface area contributed by atoms with Gasteiger partial charge in [0.25, 0.3) is 0 Å². The van der Waals surface area contributed by atoms with Gasteiger partial charge < -0.3 is 9.67 Å². The Labute approximate surface area is 140 Å². The Hall–Kier alpha value is -2.37. The second-order valence-electron chi connectivity index (χ2n) is 5.12. The summed E-state index contributed by atoms with van der Waals surface area (Å²) in [6.45, 7) is -0.271. The van der Waals surface area contributed by atoms with Crippen molar-refractivity contribution in [3.8, 4) is 0 Å². The molecule has 0 fully saturated rings. The lowest BCUT2D eigenvalue weighted by molar-refractivity contribution is -0.137. The molecule has 114 valence electrons. The van der Waals surface area contributed by atoms with Gasteiger partial charge in [-0.2, -0.15) is 0 Å². The molecule has 2 aromatic heterocycles. The molecule has 0 aliphatic rings. The van der Waals surface area contributed by atoms with E-state index in [1.807, 2.05) is 24.3 Å². The van der Waals surface area contributed by atoms with Gasteiger partial charge in [0.1, 0.15) is 12.1 Å². The predicted octanol–water partition coefficient (Wildman–Crippen LogP) is 4.13. The number of hydrogen-bond donors (Lipinski definition) is 1. The smallest absolute Gasteiger partial charge is 0.323 e. The number of rotatable bonds is 2. The van der Waals surface area contributed by atoms with Crippen molar-refractivity contribution in [1.82, 2.24) is 14.5 Å². The number of para-hydroxylation sites is 2. The molecule has 0 spiro atoms. The molecule has 2 aromatic carbocycles. The van der Waals surface area contributed by atoms with E-state index in [9.17, 15) is 9.90 Å². The van der Waals surface area contributed by atoms with E-state index in [2.05, 4.69) is 9.97 Å². The molecule has 0 bridgehead atoms. The molecule has 4 rings (SSSR count). The van der Waals surface area contributed by atoms with Gasteiger partial charge >= 0.3 is 5.97 Å². The zero-order chi connectivity index (χ0) is 16.1. The number of carboxylic acid groups (broad SMARTS) is 1. The fourth-order valence-corrected chi connectivity index (χ4v) is 3.27. The molecule has 0 saturated carbocycles. The lowest BCUT2D eigenvalue weighted by Crippen LogP contribution is -2.09. The van der Waals surface area contributed by atoms with E-state index in [4.69, 9.17) is 23.2 Å². The van der Waals surface area contributed by atoms with Gasteiger partial charge in [-0.1, -0.05) is 35.3 Å². The maximum atomic E-state index is 11.3. The molecular formula is C16H9Cl2N3O2. The number of aliphatic carboxylic acids is 1. The zero-order valence-electron chi connectivity index (χ0n) is 11.6. The first kappa shape index (κ1) is 14.2. The molecule has 1 N–H and O–H groups in total. The number of halogens is 2. The van der Waals surface area contributed by atoms with Crippen molar-refractivity contribution in [2.45, 2.75) is 6.54 Å². The van der Waals surface area contributed by atoms with Crippen molar-refractivity contribution in [3.63, 3.8) is 0 Å². The van der Waals surface area contributed by atoms with Crippen LogP contribution < -0.4 is 0 Å². The van der Waals surface area contributed by atoms with Crippen LogP contribution in [0, 0.1) is 0 Å². The van der Waals surface area contributed by atoms with Gasteiger partial charge in [-0.3, -0.25) is 4.79 Å². The van der Waals surface area contributed by atoms with Crippen LogP contribution in [0.5, 0.6) is 0 Å². The lowest BCUT2D eigenvalue weighted by atomic mass is 10.2. The largest absolute Gasteiger partial charge is 0.480 e. The minimum absolute atomic E-state index is 0.271. The lowest BCUT2D eigenvalue weighted by Gasteiger charge is -2.04. The summed E-state index contributed by atoms with van der Waals surface area (Å²) in [5.41, 5.74) is 2.93. The zero-order valence-corrected chi connectivity index (χ0v) is 13.1. The van der Waals surface area contributed by atoms with Gasteiger partial charge in [0.2, 0.25) is 0 Å². The topological polar surface area (TPSA) is 68.0 Å². The molecular weight excluding hydrogens is 337 g/mol. The van der Waals surface area contributed by atoms with Crippen LogP contribution in [0.4, 0.5) is 0 Å². The summed E-state index contributed by atoms with van der Waals surface area (Å²) in [4.78, 5) is 20.5. The van der Waals surface area contributed by atoms with E-state index in [1.54, 1.807) is 16.7 Å². The van der Waals surface area contributed by atoms with E-state index in [1.165, 1.54) is 0 Å². The predicted molar refractivity (Wildman–Crippen MR) is 90.2 cm³/mol. The van der Waals surface area contributed by atoms with E-state index in [-0.39, 0.29) is 6.54 Å². The van der Waals surface area contributed by atoms with Crippen molar-refractivity contribution in [3.05, 3.63) is 46.4 Å². The average molecular weight is 346 g/mol. The molecule has 2 heterocycles. The molecule has 0 aliphatic carbocycles. The summed E-state index contributed by atoms with van der Waals surface area (Å²) in [5.74, 6) is -0.991. The van der Waals surface area contributed by atoms with Gasteiger partial charge in [-0.05, 0) is 24.3 Å². The number of carboxylic acids is 1. The highest BCUT2D eigenvalue weighted by Gasteiger charge is 2.20. The Morgan fingerprint density at radius 3 is 2.39 bits per heavy atom. The Bertz CT molecular complexity index is 1110. The third kappa shape index (κ3) is 2.12. The quantitative estimate of drug-likeness (QED) is 0.593. The Morgan fingerprint density at radius 1 is 1.04 bits per heavy atom. The maximum Gasteiger partial charge on any atom is 0.323 e. The highest BCUT2D eigenvalue weighted by molar-refractivity contribution is 6.42. The van der Waals surface area contributed by atoms with Gasteiger partial charge in [0.15, 0.2) is 5.65 Å². The Kier molecular flexibility index (Phi) is 3.14. The fraction of sp³-hybridized carbons (Fsp3) is 0.0625. The molecule has 0 amide bonds.